The Morgan fingerprint density at radius 2 is 1.32 bits per heavy atom. The van der Waals surface area contributed by atoms with E-state index >= 15 is 0 Å². The van der Waals surface area contributed by atoms with Crippen LogP contribution in [-0.4, -0.2) is 0 Å². The van der Waals surface area contributed by atoms with Crippen molar-refractivity contribution in [2.45, 2.75) is 23.6 Å². The third-order valence-electron chi connectivity index (χ3n) is 2.38. The van der Waals surface area contributed by atoms with Crippen LogP contribution < -0.4 is 0 Å². The molecule has 1 nitrogen and oxygen atoms in total. The highest BCUT2D eigenvalue weighted by Crippen LogP contribution is 2.37. The molecule has 0 saturated carbocycles. The van der Waals surface area contributed by atoms with E-state index in [0.717, 1.165) is 0 Å². The Kier molecular flexibility index (Phi) is 3.58. The van der Waals surface area contributed by atoms with E-state index in [0.29, 0.717) is 28.2 Å². The van der Waals surface area contributed by atoms with Gasteiger partial charge in [0.25, 0.3) is 0 Å². The molecule has 0 aliphatic carbocycles. The van der Waals surface area contributed by atoms with Crippen LogP contribution in [0, 0.1) is 42.9 Å². The van der Waals surface area contributed by atoms with Crippen molar-refractivity contribution >= 4 is 11.8 Å². The van der Waals surface area contributed by atoms with Gasteiger partial charge in [-0.05, 0) is 19.9 Å². The molecule has 1 aromatic heterocycles. The molecule has 0 saturated heterocycles. The number of aryl methyl sites for hydroxylation is 2. The molecule has 1 aromatic carbocycles. The quantitative estimate of drug-likeness (QED) is 0.451. The Balaban J connectivity index is 2.55. The lowest BCUT2D eigenvalue weighted by Crippen LogP contribution is -2.03. The molecular weight excluding hydrogens is 287 g/mol. The fourth-order valence-electron chi connectivity index (χ4n) is 1.49. The lowest BCUT2D eigenvalue weighted by Gasteiger charge is -2.06. The molecule has 2 rings (SSSR count). The van der Waals surface area contributed by atoms with Gasteiger partial charge >= 0.3 is 0 Å². The molecule has 0 aliphatic heterocycles. The Hall–Kier alpha value is -1.50. The van der Waals surface area contributed by atoms with Gasteiger partial charge in [-0.15, -0.1) is 0 Å². The van der Waals surface area contributed by atoms with E-state index in [9.17, 15) is 22.0 Å². The lowest BCUT2D eigenvalue weighted by molar-refractivity contribution is 0.361. The third-order valence-corrected chi connectivity index (χ3v) is 3.56. The van der Waals surface area contributed by atoms with Crippen molar-refractivity contribution < 1.29 is 26.4 Å². The van der Waals surface area contributed by atoms with Crippen LogP contribution >= 0.6 is 11.8 Å². The van der Waals surface area contributed by atoms with Crippen molar-refractivity contribution in [3.8, 4) is 0 Å². The number of benzene rings is 1. The predicted molar refractivity (Wildman–Crippen MR) is 58.5 cm³/mol. The number of rotatable bonds is 2. The summed E-state index contributed by atoms with van der Waals surface area (Å²) in [4.78, 5) is -0.652. The third kappa shape index (κ3) is 2.34. The van der Waals surface area contributed by atoms with Gasteiger partial charge in [0.15, 0.2) is 23.3 Å². The molecule has 0 radical (unpaired) electrons. The Morgan fingerprint density at radius 3 is 1.74 bits per heavy atom. The maximum absolute atomic E-state index is 13.5. The molecular formula is C12H7F5OS. The molecule has 1 heterocycles. The van der Waals surface area contributed by atoms with Crippen LogP contribution in [0.1, 0.15) is 11.5 Å². The molecule has 19 heavy (non-hydrogen) atoms. The van der Waals surface area contributed by atoms with E-state index < -0.39 is 34.0 Å². The number of halogens is 5. The maximum atomic E-state index is 13.5. The van der Waals surface area contributed by atoms with Crippen LogP contribution in [-0.2, 0) is 0 Å². The minimum Gasteiger partial charge on any atom is -0.465 e. The fourth-order valence-corrected chi connectivity index (χ4v) is 2.48. The minimum absolute atomic E-state index is 0.292. The minimum atomic E-state index is -2.17. The van der Waals surface area contributed by atoms with E-state index in [1.54, 1.807) is 6.92 Å². The summed E-state index contributed by atoms with van der Waals surface area (Å²) >= 11 is 0.435. The van der Waals surface area contributed by atoms with Crippen LogP contribution in [0.3, 0.4) is 0 Å². The fraction of sp³-hybridized carbons (Fsp3) is 0.167. The van der Waals surface area contributed by atoms with Crippen LogP contribution in [0.25, 0.3) is 0 Å². The average Bonchev–Trinajstić information content (AvgIpc) is 2.68. The highest BCUT2D eigenvalue weighted by atomic mass is 32.2. The smallest absolute Gasteiger partial charge is 0.200 e. The highest BCUT2D eigenvalue weighted by molar-refractivity contribution is 7.99. The summed E-state index contributed by atoms with van der Waals surface area (Å²) in [5.74, 6) is -8.97. The van der Waals surface area contributed by atoms with Crippen molar-refractivity contribution in [1.29, 1.82) is 0 Å². The Morgan fingerprint density at radius 1 is 0.842 bits per heavy atom. The van der Waals surface area contributed by atoms with Gasteiger partial charge in [0.2, 0.25) is 5.82 Å². The zero-order valence-electron chi connectivity index (χ0n) is 9.78. The molecule has 7 heteroatoms. The summed E-state index contributed by atoms with van der Waals surface area (Å²) in [7, 11) is 0. The summed E-state index contributed by atoms with van der Waals surface area (Å²) in [6, 6.07) is 1.46. The number of hydrogen-bond acceptors (Lipinski definition) is 2. The van der Waals surface area contributed by atoms with E-state index in [2.05, 4.69) is 0 Å². The zero-order chi connectivity index (χ0) is 14.3. The Bertz CT molecular complexity index is 621. The molecule has 0 spiro atoms. The van der Waals surface area contributed by atoms with Crippen LogP contribution in [0.5, 0.6) is 0 Å². The van der Waals surface area contributed by atoms with E-state index in [1.807, 2.05) is 0 Å². The highest BCUT2D eigenvalue weighted by Gasteiger charge is 2.27. The molecule has 0 N–H and O–H groups in total. The predicted octanol–water partition coefficient (Wildman–Crippen LogP) is 4.74. The van der Waals surface area contributed by atoms with Gasteiger partial charge in [0.1, 0.15) is 11.5 Å². The van der Waals surface area contributed by atoms with Crippen molar-refractivity contribution in [2.75, 3.05) is 0 Å². The van der Waals surface area contributed by atoms with Crippen molar-refractivity contribution in [3.05, 3.63) is 46.7 Å². The van der Waals surface area contributed by atoms with Gasteiger partial charge in [-0.2, -0.15) is 0 Å². The van der Waals surface area contributed by atoms with E-state index in [-0.39, 0.29) is 0 Å². The van der Waals surface area contributed by atoms with Gasteiger partial charge in [-0.1, -0.05) is 11.8 Å². The van der Waals surface area contributed by atoms with Gasteiger partial charge in [-0.3, -0.25) is 0 Å². The topological polar surface area (TPSA) is 13.1 Å². The SMILES string of the molecule is Cc1cc(Sc2c(F)c(F)c(F)c(F)c2F)c(C)o1. The number of furan rings is 1. The molecule has 0 atom stereocenters. The summed E-state index contributed by atoms with van der Waals surface area (Å²) in [5.41, 5.74) is 0. The normalized spacial score (nSPS) is 11.1. The zero-order valence-corrected chi connectivity index (χ0v) is 10.6. The van der Waals surface area contributed by atoms with Gasteiger partial charge in [0.05, 0.1) is 9.79 Å². The van der Waals surface area contributed by atoms with Gasteiger partial charge < -0.3 is 4.42 Å². The average molecular weight is 294 g/mol. The standard InChI is InChI=1S/C12H7F5OS/c1-4-3-6(5(2)18-4)19-12-10(16)8(14)7(13)9(15)11(12)17/h3H,1-2H3. The largest absolute Gasteiger partial charge is 0.465 e. The van der Waals surface area contributed by atoms with Crippen molar-refractivity contribution in [3.63, 3.8) is 0 Å². The molecule has 0 aliphatic rings. The first-order chi connectivity index (χ1) is 8.82. The van der Waals surface area contributed by atoms with Crippen LogP contribution in [0.4, 0.5) is 22.0 Å². The maximum Gasteiger partial charge on any atom is 0.200 e. The van der Waals surface area contributed by atoms with Crippen LogP contribution in [0.15, 0.2) is 20.3 Å². The molecule has 0 fully saturated rings. The van der Waals surface area contributed by atoms with Crippen molar-refractivity contribution in [1.82, 2.24) is 0 Å². The second kappa shape index (κ2) is 4.88. The van der Waals surface area contributed by atoms with Gasteiger partial charge in [-0.25, -0.2) is 22.0 Å². The molecule has 0 unspecified atom stereocenters. The monoisotopic (exact) mass is 294 g/mol. The second-order valence-corrected chi connectivity index (χ2v) is 4.83. The van der Waals surface area contributed by atoms with Crippen molar-refractivity contribution in [2.24, 2.45) is 0 Å². The van der Waals surface area contributed by atoms with E-state index in [4.69, 9.17) is 4.42 Å². The molecule has 0 amide bonds. The molecule has 2 aromatic rings. The second-order valence-electron chi connectivity index (χ2n) is 3.78. The Labute approximate surface area is 109 Å². The molecule has 102 valence electrons. The first-order valence-electron chi connectivity index (χ1n) is 5.09. The summed E-state index contributed by atoms with van der Waals surface area (Å²) < 4.78 is 70.9. The van der Waals surface area contributed by atoms with Gasteiger partial charge in [0, 0.05) is 0 Å². The summed E-state index contributed by atoms with van der Waals surface area (Å²) in [6.45, 7) is 3.14. The summed E-state index contributed by atoms with van der Waals surface area (Å²) in [6.07, 6.45) is 0. The lowest BCUT2D eigenvalue weighted by atomic mass is 10.3. The molecule has 0 bridgehead atoms. The van der Waals surface area contributed by atoms with Crippen LogP contribution in [0.2, 0.25) is 0 Å². The number of hydrogen-bond donors (Lipinski definition) is 0. The first-order valence-corrected chi connectivity index (χ1v) is 5.91. The van der Waals surface area contributed by atoms with E-state index in [1.165, 1.54) is 13.0 Å². The first kappa shape index (κ1) is 13.9. The summed E-state index contributed by atoms with van der Waals surface area (Å²) in [5, 5.41) is 0.